The van der Waals surface area contributed by atoms with Crippen LogP contribution < -0.4 is 10.6 Å². The van der Waals surface area contributed by atoms with Crippen molar-refractivity contribution in [3.8, 4) is 0 Å². The molecule has 1 heterocycles. The quantitative estimate of drug-likeness (QED) is 0.344. The first kappa shape index (κ1) is 23.7. The summed E-state index contributed by atoms with van der Waals surface area (Å²) in [5, 5.41) is 15.4. The Labute approximate surface area is 207 Å². The number of halogens is 1. The van der Waals surface area contributed by atoms with Crippen LogP contribution in [0.25, 0.3) is 11.3 Å². The fourth-order valence-corrected chi connectivity index (χ4v) is 4.38. The molecule has 0 saturated carbocycles. The van der Waals surface area contributed by atoms with Crippen LogP contribution in [0.15, 0.2) is 71.2 Å². The number of amides is 1. The van der Waals surface area contributed by atoms with Crippen LogP contribution in [0.3, 0.4) is 0 Å². The molecule has 0 unspecified atom stereocenters. The number of hydrogen-bond donors (Lipinski definition) is 3. The van der Waals surface area contributed by atoms with E-state index in [1.165, 1.54) is 0 Å². The highest BCUT2D eigenvalue weighted by Gasteiger charge is 2.28. The second-order valence-electron chi connectivity index (χ2n) is 8.55. The summed E-state index contributed by atoms with van der Waals surface area (Å²) in [7, 11) is 4.05. The average Bonchev–Trinajstić information content (AvgIpc) is 3.11. The smallest absolute Gasteiger partial charge is 0.303 e. The Hall–Kier alpha value is -3.42. The standard InChI is InChI=1S/C27H26BrN3O3/c1-31(2)16-18-4-3-5-21(14-18)29-26(19-9-6-17(7-10-19)8-13-24(32)33)25-22-12-11-20(28)15-23(22)30-27(25)34/h3-7,9-12,14-15,29H,8,13,16H2,1-2H3,(H,30,34)(H,32,33)/b26-25-. The lowest BCUT2D eigenvalue weighted by Gasteiger charge is -2.17. The third-order valence-electron chi connectivity index (χ3n) is 5.54. The third-order valence-corrected chi connectivity index (χ3v) is 6.03. The molecule has 0 fully saturated rings. The largest absolute Gasteiger partial charge is 0.481 e. The van der Waals surface area contributed by atoms with Crippen molar-refractivity contribution in [2.45, 2.75) is 19.4 Å². The molecule has 1 aliphatic heterocycles. The third kappa shape index (κ3) is 5.55. The maximum atomic E-state index is 13.1. The molecule has 0 bridgehead atoms. The molecular weight excluding hydrogens is 494 g/mol. The van der Waals surface area contributed by atoms with E-state index in [1.54, 1.807) is 0 Å². The van der Waals surface area contributed by atoms with E-state index in [9.17, 15) is 9.59 Å². The Bertz CT molecular complexity index is 1270. The van der Waals surface area contributed by atoms with Gasteiger partial charge in [-0.2, -0.15) is 0 Å². The number of carbonyl (C=O) groups excluding carboxylic acids is 1. The van der Waals surface area contributed by atoms with E-state index in [4.69, 9.17) is 5.11 Å². The zero-order chi connectivity index (χ0) is 24.2. The summed E-state index contributed by atoms with van der Waals surface area (Å²) in [6, 6.07) is 21.6. The first-order valence-corrected chi connectivity index (χ1v) is 11.8. The predicted octanol–water partition coefficient (Wildman–Crippen LogP) is 5.46. The van der Waals surface area contributed by atoms with Gasteiger partial charge in [0, 0.05) is 28.7 Å². The summed E-state index contributed by atoms with van der Waals surface area (Å²) in [5.41, 5.74) is 6.67. The number of benzene rings is 3. The summed E-state index contributed by atoms with van der Waals surface area (Å²) >= 11 is 3.47. The van der Waals surface area contributed by atoms with Gasteiger partial charge in [-0.15, -0.1) is 0 Å². The number of anilines is 2. The number of hydrogen-bond acceptors (Lipinski definition) is 4. The van der Waals surface area contributed by atoms with Gasteiger partial charge in [-0.25, -0.2) is 0 Å². The molecule has 0 spiro atoms. The summed E-state index contributed by atoms with van der Waals surface area (Å²) in [4.78, 5) is 26.1. The molecular formula is C27H26BrN3O3. The van der Waals surface area contributed by atoms with E-state index >= 15 is 0 Å². The van der Waals surface area contributed by atoms with E-state index in [1.807, 2.05) is 68.7 Å². The van der Waals surface area contributed by atoms with Crippen molar-refractivity contribution in [3.63, 3.8) is 0 Å². The molecule has 174 valence electrons. The molecule has 7 heteroatoms. The van der Waals surface area contributed by atoms with Crippen LogP contribution in [0.1, 0.15) is 28.7 Å². The monoisotopic (exact) mass is 519 g/mol. The van der Waals surface area contributed by atoms with Gasteiger partial charge < -0.3 is 20.6 Å². The summed E-state index contributed by atoms with van der Waals surface area (Å²) in [5.74, 6) is -0.994. The van der Waals surface area contributed by atoms with Gasteiger partial charge in [0.2, 0.25) is 0 Å². The predicted molar refractivity (Wildman–Crippen MR) is 139 cm³/mol. The molecule has 4 rings (SSSR count). The molecule has 3 aromatic rings. The van der Waals surface area contributed by atoms with Crippen LogP contribution in [-0.2, 0) is 22.6 Å². The minimum Gasteiger partial charge on any atom is -0.481 e. The van der Waals surface area contributed by atoms with Gasteiger partial charge in [0.1, 0.15) is 0 Å². The lowest BCUT2D eigenvalue weighted by molar-refractivity contribution is -0.137. The van der Waals surface area contributed by atoms with Crippen LogP contribution in [0.5, 0.6) is 0 Å². The lowest BCUT2D eigenvalue weighted by atomic mass is 9.98. The number of nitrogens with one attached hydrogen (secondary N) is 2. The number of nitrogens with zero attached hydrogens (tertiary/aromatic N) is 1. The van der Waals surface area contributed by atoms with E-state index in [-0.39, 0.29) is 12.3 Å². The van der Waals surface area contributed by atoms with Gasteiger partial charge in [0.15, 0.2) is 0 Å². The highest BCUT2D eigenvalue weighted by Crippen LogP contribution is 2.39. The minimum absolute atomic E-state index is 0.0782. The number of rotatable bonds is 8. The Morgan fingerprint density at radius 3 is 2.50 bits per heavy atom. The average molecular weight is 520 g/mol. The number of aryl methyl sites for hydroxylation is 1. The Balaban J connectivity index is 1.78. The first-order valence-electron chi connectivity index (χ1n) is 11.0. The summed E-state index contributed by atoms with van der Waals surface area (Å²) in [6.45, 7) is 0.803. The maximum absolute atomic E-state index is 13.1. The number of carboxylic acid groups (broad SMARTS) is 1. The second-order valence-corrected chi connectivity index (χ2v) is 9.46. The van der Waals surface area contributed by atoms with Crippen LogP contribution >= 0.6 is 15.9 Å². The van der Waals surface area contributed by atoms with Crippen molar-refractivity contribution in [2.75, 3.05) is 24.7 Å². The molecule has 3 N–H and O–H groups in total. The fraction of sp³-hybridized carbons (Fsp3) is 0.185. The van der Waals surface area contributed by atoms with Crippen molar-refractivity contribution < 1.29 is 14.7 Å². The molecule has 34 heavy (non-hydrogen) atoms. The van der Waals surface area contributed by atoms with Crippen molar-refractivity contribution in [1.82, 2.24) is 4.90 Å². The molecule has 1 amide bonds. The molecule has 0 radical (unpaired) electrons. The Morgan fingerprint density at radius 1 is 1.03 bits per heavy atom. The first-order chi connectivity index (χ1) is 16.3. The van der Waals surface area contributed by atoms with Crippen LogP contribution in [0.2, 0.25) is 0 Å². The van der Waals surface area contributed by atoms with Gasteiger partial charge >= 0.3 is 5.97 Å². The molecule has 0 aromatic heterocycles. The van der Waals surface area contributed by atoms with Gasteiger partial charge in [0.05, 0.1) is 17.0 Å². The highest BCUT2D eigenvalue weighted by molar-refractivity contribution is 9.10. The van der Waals surface area contributed by atoms with Crippen molar-refractivity contribution in [1.29, 1.82) is 0 Å². The minimum atomic E-state index is -0.823. The number of fused-ring (bicyclic) bond motifs is 1. The summed E-state index contributed by atoms with van der Waals surface area (Å²) < 4.78 is 0.890. The van der Waals surface area contributed by atoms with E-state index in [0.29, 0.717) is 17.7 Å². The molecule has 0 aliphatic carbocycles. The van der Waals surface area contributed by atoms with Crippen molar-refractivity contribution in [3.05, 3.63) is 93.5 Å². The van der Waals surface area contributed by atoms with Gasteiger partial charge in [-0.05, 0) is 61.5 Å². The van der Waals surface area contributed by atoms with Crippen molar-refractivity contribution >= 4 is 50.5 Å². The fourth-order valence-electron chi connectivity index (χ4n) is 4.02. The molecule has 0 atom stereocenters. The Kier molecular flexibility index (Phi) is 7.14. The Morgan fingerprint density at radius 2 is 1.79 bits per heavy atom. The van der Waals surface area contributed by atoms with Gasteiger partial charge in [-0.1, -0.05) is 58.4 Å². The maximum Gasteiger partial charge on any atom is 0.303 e. The lowest BCUT2D eigenvalue weighted by Crippen LogP contribution is -2.12. The van der Waals surface area contributed by atoms with Gasteiger partial charge in [0.25, 0.3) is 5.91 Å². The van der Waals surface area contributed by atoms with Crippen LogP contribution in [0, 0.1) is 0 Å². The van der Waals surface area contributed by atoms with E-state index < -0.39 is 5.97 Å². The van der Waals surface area contributed by atoms with Crippen molar-refractivity contribution in [2.24, 2.45) is 0 Å². The van der Waals surface area contributed by atoms with Crippen LogP contribution in [0.4, 0.5) is 11.4 Å². The molecule has 6 nitrogen and oxygen atoms in total. The highest BCUT2D eigenvalue weighted by atomic mass is 79.9. The normalized spacial score (nSPS) is 14.1. The van der Waals surface area contributed by atoms with E-state index in [2.05, 4.69) is 43.6 Å². The molecule has 3 aromatic carbocycles. The molecule has 0 saturated heterocycles. The second kappa shape index (κ2) is 10.2. The van der Waals surface area contributed by atoms with Crippen LogP contribution in [-0.4, -0.2) is 36.0 Å². The number of carboxylic acids is 1. The summed E-state index contributed by atoms with van der Waals surface area (Å²) in [6.07, 6.45) is 0.535. The zero-order valence-electron chi connectivity index (χ0n) is 19.1. The topological polar surface area (TPSA) is 81.7 Å². The molecule has 1 aliphatic rings. The zero-order valence-corrected chi connectivity index (χ0v) is 20.6. The van der Waals surface area contributed by atoms with Gasteiger partial charge in [-0.3, -0.25) is 9.59 Å². The SMILES string of the molecule is CN(C)Cc1cccc(N/C(=C2\C(=O)Nc3cc(Br)ccc32)c2ccc(CCC(=O)O)cc2)c1. The van der Waals surface area contributed by atoms with E-state index in [0.717, 1.165) is 44.6 Å². The number of aliphatic carboxylic acids is 1. The number of carbonyl (C=O) groups is 2.